The maximum atomic E-state index is 13.3. The van der Waals surface area contributed by atoms with Gasteiger partial charge in [-0.25, -0.2) is 8.78 Å². The number of carbonyl (C=O) groups excluding carboxylic acids is 1. The summed E-state index contributed by atoms with van der Waals surface area (Å²) < 4.78 is 26.7. The van der Waals surface area contributed by atoms with Gasteiger partial charge in [0.2, 0.25) is 0 Å². The van der Waals surface area contributed by atoms with Crippen LogP contribution in [0.4, 0.5) is 14.5 Å². The number of hydrogen-bond donors (Lipinski definition) is 1. The van der Waals surface area contributed by atoms with Crippen LogP contribution in [0.3, 0.4) is 0 Å². The molecule has 2 aromatic rings. The minimum Gasteiger partial charge on any atom is -0.317 e. The van der Waals surface area contributed by atoms with Gasteiger partial charge in [0.15, 0.2) is 0 Å². The lowest BCUT2D eigenvalue weighted by molar-refractivity contribution is 0.102. The maximum absolute atomic E-state index is 13.3. The number of amides is 1. The van der Waals surface area contributed by atoms with E-state index in [2.05, 4.69) is 5.32 Å². The van der Waals surface area contributed by atoms with Crippen LogP contribution in [0.1, 0.15) is 15.9 Å². The highest BCUT2D eigenvalue weighted by Crippen LogP contribution is 2.19. The van der Waals surface area contributed by atoms with Crippen molar-refractivity contribution in [2.75, 3.05) is 5.32 Å². The summed E-state index contributed by atoms with van der Waals surface area (Å²) in [6.07, 6.45) is 0. The first kappa shape index (κ1) is 12.2. The van der Waals surface area contributed by atoms with Crippen LogP contribution in [0.5, 0.6) is 0 Å². The zero-order chi connectivity index (χ0) is 13.1. The van der Waals surface area contributed by atoms with Gasteiger partial charge in [0.1, 0.15) is 17.3 Å². The molecule has 0 spiro atoms. The van der Waals surface area contributed by atoms with Crippen molar-refractivity contribution in [2.24, 2.45) is 0 Å². The largest absolute Gasteiger partial charge is 0.317 e. The van der Waals surface area contributed by atoms with Crippen molar-refractivity contribution < 1.29 is 13.6 Å². The van der Waals surface area contributed by atoms with Crippen molar-refractivity contribution in [3.8, 4) is 0 Å². The van der Waals surface area contributed by atoms with E-state index < -0.39 is 23.2 Å². The Balaban J connectivity index is 2.24. The molecule has 0 aromatic heterocycles. The van der Waals surface area contributed by atoms with E-state index in [0.29, 0.717) is 5.56 Å². The van der Waals surface area contributed by atoms with Gasteiger partial charge in [-0.1, -0.05) is 23.8 Å². The van der Waals surface area contributed by atoms with E-state index in [0.717, 1.165) is 17.7 Å². The molecule has 0 unspecified atom stereocenters. The lowest BCUT2D eigenvalue weighted by Crippen LogP contribution is -2.14. The smallest absolute Gasteiger partial charge is 0.255 e. The minimum absolute atomic E-state index is 0.350. The molecule has 92 valence electrons. The van der Waals surface area contributed by atoms with Gasteiger partial charge < -0.3 is 5.32 Å². The third-order valence-corrected chi connectivity index (χ3v) is 2.52. The fourth-order valence-corrected chi connectivity index (χ4v) is 1.51. The summed E-state index contributed by atoms with van der Waals surface area (Å²) in [5.74, 6) is -2.13. The molecule has 4 heteroatoms. The zero-order valence-electron chi connectivity index (χ0n) is 9.71. The molecule has 0 radical (unpaired) electrons. The first-order chi connectivity index (χ1) is 8.58. The molecule has 0 atom stereocenters. The van der Waals surface area contributed by atoms with Crippen LogP contribution < -0.4 is 5.32 Å². The number of anilines is 1. The Morgan fingerprint density at radius 2 is 1.56 bits per heavy atom. The highest BCUT2D eigenvalue weighted by molar-refractivity contribution is 6.04. The normalized spacial score (nSPS) is 10.2. The van der Waals surface area contributed by atoms with Crippen molar-refractivity contribution in [1.82, 2.24) is 0 Å². The van der Waals surface area contributed by atoms with E-state index >= 15 is 0 Å². The van der Waals surface area contributed by atoms with E-state index in [-0.39, 0.29) is 0 Å². The summed E-state index contributed by atoms with van der Waals surface area (Å²) >= 11 is 0. The monoisotopic (exact) mass is 247 g/mol. The predicted molar refractivity (Wildman–Crippen MR) is 65.5 cm³/mol. The van der Waals surface area contributed by atoms with Gasteiger partial charge in [0, 0.05) is 5.56 Å². The molecule has 0 aliphatic rings. The third-order valence-electron chi connectivity index (χ3n) is 2.52. The molecular formula is C14H11F2NO. The molecule has 2 rings (SSSR count). The van der Waals surface area contributed by atoms with E-state index in [9.17, 15) is 13.6 Å². The fraction of sp³-hybridized carbons (Fsp3) is 0.0714. The van der Waals surface area contributed by atoms with Gasteiger partial charge >= 0.3 is 0 Å². The zero-order valence-corrected chi connectivity index (χ0v) is 9.71. The summed E-state index contributed by atoms with van der Waals surface area (Å²) in [7, 11) is 0. The molecule has 18 heavy (non-hydrogen) atoms. The summed E-state index contributed by atoms with van der Waals surface area (Å²) in [6.45, 7) is 1.89. The topological polar surface area (TPSA) is 29.1 Å². The van der Waals surface area contributed by atoms with Crippen LogP contribution in [-0.4, -0.2) is 5.91 Å². The second-order valence-electron chi connectivity index (χ2n) is 3.92. The van der Waals surface area contributed by atoms with E-state index in [1.54, 1.807) is 24.3 Å². The number of carbonyl (C=O) groups is 1. The third kappa shape index (κ3) is 2.53. The van der Waals surface area contributed by atoms with E-state index in [4.69, 9.17) is 0 Å². The van der Waals surface area contributed by atoms with Gasteiger partial charge in [-0.3, -0.25) is 4.79 Å². The maximum Gasteiger partial charge on any atom is 0.255 e. The number of hydrogen-bond acceptors (Lipinski definition) is 1. The lowest BCUT2D eigenvalue weighted by atomic mass is 10.1. The van der Waals surface area contributed by atoms with Crippen LogP contribution >= 0.6 is 0 Å². The molecule has 2 aromatic carbocycles. The first-order valence-electron chi connectivity index (χ1n) is 5.40. The molecule has 0 saturated heterocycles. The quantitative estimate of drug-likeness (QED) is 0.864. The Morgan fingerprint density at radius 3 is 2.11 bits per heavy atom. The minimum atomic E-state index is -0.796. The molecular weight excluding hydrogens is 236 g/mol. The van der Waals surface area contributed by atoms with Crippen LogP contribution in [0.15, 0.2) is 42.5 Å². The van der Waals surface area contributed by atoms with Crippen molar-refractivity contribution in [3.05, 3.63) is 65.2 Å². The summed E-state index contributed by atoms with van der Waals surface area (Å²) in [5.41, 5.74) is 0.926. The summed E-state index contributed by atoms with van der Waals surface area (Å²) in [4.78, 5) is 11.8. The van der Waals surface area contributed by atoms with Gasteiger partial charge in [0.05, 0.1) is 0 Å². The van der Waals surface area contributed by atoms with Crippen LogP contribution in [0.2, 0.25) is 0 Å². The molecule has 0 bridgehead atoms. The van der Waals surface area contributed by atoms with Crippen LogP contribution in [0, 0.1) is 18.6 Å². The van der Waals surface area contributed by atoms with Crippen LogP contribution in [0.25, 0.3) is 0 Å². The van der Waals surface area contributed by atoms with Crippen LogP contribution in [-0.2, 0) is 0 Å². The Kier molecular flexibility index (Phi) is 3.37. The second kappa shape index (κ2) is 4.96. The summed E-state index contributed by atoms with van der Waals surface area (Å²) in [5, 5.41) is 2.23. The molecule has 0 aliphatic heterocycles. The van der Waals surface area contributed by atoms with E-state index in [1.165, 1.54) is 6.07 Å². The average Bonchev–Trinajstić information content (AvgIpc) is 2.34. The Morgan fingerprint density at radius 1 is 1.00 bits per heavy atom. The Hall–Kier alpha value is -2.23. The molecule has 1 amide bonds. The van der Waals surface area contributed by atoms with Crippen molar-refractivity contribution in [3.63, 3.8) is 0 Å². The average molecular weight is 247 g/mol. The van der Waals surface area contributed by atoms with Gasteiger partial charge in [-0.15, -0.1) is 0 Å². The van der Waals surface area contributed by atoms with Gasteiger partial charge in [-0.2, -0.15) is 0 Å². The lowest BCUT2D eigenvalue weighted by Gasteiger charge is -2.07. The van der Waals surface area contributed by atoms with Crippen molar-refractivity contribution in [1.29, 1.82) is 0 Å². The molecule has 0 heterocycles. The molecule has 0 aliphatic carbocycles. The van der Waals surface area contributed by atoms with Crippen molar-refractivity contribution >= 4 is 11.6 Å². The fourth-order valence-electron chi connectivity index (χ4n) is 1.51. The molecule has 2 nitrogen and oxygen atoms in total. The number of halogens is 2. The highest BCUT2D eigenvalue weighted by atomic mass is 19.1. The first-order valence-corrected chi connectivity index (χ1v) is 5.40. The van der Waals surface area contributed by atoms with Crippen molar-refractivity contribution in [2.45, 2.75) is 6.92 Å². The predicted octanol–water partition coefficient (Wildman–Crippen LogP) is 3.53. The van der Waals surface area contributed by atoms with Gasteiger partial charge in [0.25, 0.3) is 5.91 Å². The number of para-hydroxylation sites is 1. The number of rotatable bonds is 2. The molecule has 0 fully saturated rings. The molecule has 1 N–H and O–H groups in total. The molecule has 0 saturated carbocycles. The summed E-state index contributed by atoms with van der Waals surface area (Å²) in [6, 6.07) is 10.1. The van der Waals surface area contributed by atoms with E-state index in [1.807, 2.05) is 6.92 Å². The second-order valence-corrected chi connectivity index (χ2v) is 3.92. The number of nitrogens with one attached hydrogen (secondary N) is 1. The van der Waals surface area contributed by atoms with Gasteiger partial charge in [-0.05, 0) is 31.2 Å². The standard InChI is InChI=1S/C14H11F2NO/c1-9-5-7-10(8-6-9)14(18)17-13-11(15)3-2-4-12(13)16/h2-8H,1H3,(H,17,18). The highest BCUT2D eigenvalue weighted by Gasteiger charge is 2.12. The number of aryl methyl sites for hydroxylation is 1. The Bertz CT molecular complexity index is 559. The number of benzene rings is 2. The SMILES string of the molecule is Cc1ccc(C(=O)Nc2c(F)cccc2F)cc1. The Labute approximate surface area is 103 Å².